The molecule has 0 bridgehead atoms. The van der Waals surface area contributed by atoms with E-state index >= 15 is 0 Å². The number of aliphatic hydroxyl groups excluding tert-OH is 1. The van der Waals surface area contributed by atoms with Crippen LogP contribution in [-0.2, 0) is 6.42 Å². The number of aliphatic hydroxyl groups is 1. The van der Waals surface area contributed by atoms with Gasteiger partial charge in [0.05, 0.1) is 12.1 Å². The Morgan fingerprint density at radius 2 is 2.00 bits per heavy atom. The molecule has 1 aromatic heterocycles. The Morgan fingerprint density at radius 1 is 1.36 bits per heavy atom. The zero-order chi connectivity index (χ0) is 16.3. The third kappa shape index (κ3) is 3.54. The predicted molar refractivity (Wildman–Crippen MR) is 81.1 cm³/mol. The van der Waals surface area contributed by atoms with Gasteiger partial charge in [0.25, 0.3) is 5.91 Å². The topological polar surface area (TPSA) is 62.5 Å². The third-order valence-electron chi connectivity index (χ3n) is 3.61. The van der Waals surface area contributed by atoms with Crippen molar-refractivity contribution in [3.8, 4) is 0 Å². The lowest BCUT2D eigenvalue weighted by molar-refractivity contribution is 0.0824. The second kappa shape index (κ2) is 6.75. The first kappa shape index (κ1) is 16.2. The summed E-state index contributed by atoms with van der Waals surface area (Å²) < 4.78 is 18.4. The SMILES string of the molecule is CCc1oc(C(=O)NC(C)C(O)c2ccc(F)cc2)cc1C. The molecule has 1 amide bonds. The number of aryl methyl sites for hydroxylation is 2. The molecule has 0 fully saturated rings. The summed E-state index contributed by atoms with van der Waals surface area (Å²) in [6.07, 6.45) is -0.210. The summed E-state index contributed by atoms with van der Waals surface area (Å²) in [5.74, 6) is 0.256. The van der Waals surface area contributed by atoms with E-state index in [1.807, 2.05) is 13.8 Å². The molecular weight excluding hydrogens is 285 g/mol. The fourth-order valence-corrected chi connectivity index (χ4v) is 2.29. The molecule has 0 aliphatic heterocycles. The van der Waals surface area contributed by atoms with E-state index in [4.69, 9.17) is 4.42 Å². The van der Waals surface area contributed by atoms with Gasteiger partial charge < -0.3 is 14.8 Å². The van der Waals surface area contributed by atoms with Gasteiger partial charge in [-0.2, -0.15) is 0 Å². The maximum Gasteiger partial charge on any atom is 0.287 e. The minimum Gasteiger partial charge on any atom is -0.456 e. The molecule has 1 heterocycles. The maximum atomic E-state index is 12.9. The highest BCUT2D eigenvalue weighted by Gasteiger charge is 2.21. The van der Waals surface area contributed by atoms with Crippen LogP contribution in [0.2, 0.25) is 0 Å². The summed E-state index contributed by atoms with van der Waals surface area (Å²) >= 11 is 0. The van der Waals surface area contributed by atoms with E-state index in [1.54, 1.807) is 13.0 Å². The Bertz CT molecular complexity index is 648. The predicted octanol–water partition coefficient (Wildman–Crippen LogP) is 3.14. The summed E-state index contributed by atoms with van der Waals surface area (Å²) in [5.41, 5.74) is 1.47. The number of furan rings is 1. The summed E-state index contributed by atoms with van der Waals surface area (Å²) in [5, 5.41) is 12.9. The van der Waals surface area contributed by atoms with Gasteiger partial charge in [0.15, 0.2) is 5.76 Å². The van der Waals surface area contributed by atoms with Gasteiger partial charge in [0.1, 0.15) is 11.6 Å². The molecule has 5 heteroatoms. The molecule has 4 nitrogen and oxygen atoms in total. The highest BCUT2D eigenvalue weighted by atomic mass is 19.1. The van der Waals surface area contributed by atoms with Gasteiger partial charge in [-0.05, 0) is 43.2 Å². The van der Waals surface area contributed by atoms with Crippen molar-refractivity contribution >= 4 is 5.91 Å². The third-order valence-corrected chi connectivity index (χ3v) is 3.61. The van der Waals surface area contributed by atoms with Crippen LogP contribution >= 0.6 is 0 Å². The van der Waals surface area contributed by atoms with Gasteiger partial charge in [-0.1, -0.05) is 19.1 Å². The van der Waals surface area contributed by atoms with Gasteiger partial charge in [-0.25, -0.2) is 4.39 Å². The van der Waals surface area contributed by atoms with Crippen molar-refractivity contribution in [3.05, 3.63) is 58.8 Å². The van der Waals surface area contributed by atoms with Crippen molar-refractivity contribution in [3.63, 3.8) is 0 Å². The van der Waals surface area contributed by atoms with Crippen LogP contribution in [0.1, 0.15) is 47.4 Å². The average molecular weight is 305 g/mol. The van der Waals surface area contributed by atoms with E-state index in [0.717, 1.165) is 11.3 Å². The molecule has 2 atom stereocenters. The molecular formula is C17H20FNO3. The number of benzene rings is 1. The smallest absolute Gasteiger partial charge is 0.287 e. The highest BCUT2D eigenvalue weighted by molar-refractivity contribution is 5.92. The minimum atomic E-state index is -0.925. The Hall–Kier alpha value is -2.14. The van der Waals surface area contributed by atoms with Crippen molar-refractivity contribution in [1.29, 1.82) is 0 Å². The Balaban J connectivity index is 2.05. The summed E-state index contributed by atoms with van der Waals surface area (Å²) in [6, 6.07) is 6.69. The molecule has 1 aromatic carbocycles. The van der Waals surface area contributed by atoms with Crippen LogP contribution in [0.3, 0.4) is 0 Å². The van der Waals surface area contributed by atoms with Crippen molar-refractivity contribution < 1.29 is 18.7 Å². The number of hydrogen-bond donors (Lipinski definition) is 2. The first-order valence-electron chi connectivity index (χ1n) is 7.26. The second-order valence-electron chi connectivity index (χ2n) is 5.33. The van der Waals surface area contributed by atoms with E-state index in [0.29, 0.717) is 12.0 Å². The largest absolute Gasteiger partial charge is 0.456 e. The lowest BCUT2D eigenvalue weighted by atomic mass is 10.0. The molecule has 0 radical (unpaired) electrons. The number of carbonyl (C=O) groups excluding carboxylic acids is 1. The van der Waals surface area contributed by atoms with Crippen LogP contribution in [0, 0.1) is 12.7 Å². The van der Waals surface area contributed by atoms with Crippen molar-refractivity contribution in [2.24, 2.45) is 0 Å². The normalized spacial score (nSPS) is 13.7. The zero-order valence-corrected chi connectivity index (χ0v) is 12.9. The molecule has 2 rings (SSSR count). The van der Waals surface area contributed by atoms with Crippen LogP contribution < -0.4 is 5.32 Å². The fraction of sp³-hybridized carbons (Fsp3) is 0.353. The Morgan fingerprint density at radius 3 is 2.55 bits per heavy atom. The van der Waals surface area contributed by atoms with Crippen molar-refractivity contribution in [2.75, 3.05) is 0 Å². The van der Waals surface area contributed by atoms with E-state index in [-0.39, 0.29) is 17.5 Å². The maximum absolute atomic E-state index is 12.9. The zero-order valence-electron chi connectivity index (χ0n) is 12.9. The molecule has 0 saturated carbocycles. The van der Waals surface area contributed by atoms with Gasteiger partial charge in [-0.3, -0.25) is 4.79 Å². The molecule has 2 aromatic rings. The molecule has 2 unspecified atom stereocenters. The quantitative estimate of drug-likeness (QED) is 0.892. The number of hydrogen-bond acceptors (Lipinski definition) is 3. The van der Waals surface area contributed by atoms with Crippen LogP contribution in [0.15, 0.2) is 34.7 Å². The minimum absolute atomic E-state index is 0.229. The van der Waals surface area contributed by atoms with E-state index in [9.17, 15) is 14.3 Å². The number of rotatable bonds is 5. The monoisotopic (exact) mass is 305 g/mol. The second-order valence-corrected chi connectivity index (χ2v) is 5.33. The van der Waals surface area contributed by atoms with Crippen molar-refractivity contribution in [1.82, 2.24) is 5.32 Å². The molecule has 2 N–H and O–H groups in total. The Kier molecular flexibility index (Phi) is 4.98. The first-order valence-corrected chi connectivity index (χ1v) is 7.26. The first-order chi connectivity index (χ1) is 10.4. The van der Waals surface area contributed by atoms with E-state index < -0.39 is 12.1 Å². The van der Waals surface area contributed by atoms with E-state index in [1.165, 1.54) is 24.3 Å². The number of halogens is 1. The fourth-order valence-electron chi connectivity index (χ4n) is 2.29. The molecule has 22 heavy (non-hydrogen) atoms. The summed E-state index contributed by atoms with van der Waals surface area (Å²) in [4.78, 5) is 12.2. The Labute approximate surface area is 129 Å². The number of carbonyl (C=O) groups is 1. The molecule has 0 aliphatic carbocycles. The van der Waals surface area contributed by atoms with Crippen LogP contribution in [0.4, 0.5) is 4.39 Å². The van der Waals surface area contributed by atoms with Gasteiger partial charge in [0.2, 0.25) is 0 Å². The highest BCUT2D eigenvalue weighted by Crippen LogP contribution is 2.19. The van der Waals surface area contributed by atoms with Gasteiger partial charge in [0, 0.05) is 6.42 Å². The van der Waals surface area contributed by atoms with Gasteiger partial charge >= 0.3 is 0 Å². The molecule has 0 saturated heterocycles. The lowest BCUT2D eigenvalue weighted by Gasteiger charge is -2.20. The molecule has 0 aliphatic rings. The summed E-state index contributed by atoms with van der Waals surface area (Å²) in [7, 11) is 0. The summed E-state index contributed by atoms with van der Waals surface area (Å²) in [6.45, 7) is 5.52. The van der Waals surface area contributed by atoms with E-state index in [2.05, 4.69) is 5.32 Å². The van der Waals surface area contributed by atoms with Crippen LogP contribution in [-0.4, -0.2) is 17.1 Å². The lowest BCUT2D eigenvalue weighted by Crippen LogP contribution is -2.36. The van der Waals surface area contributed by atoms with Gasteiger partial charge in [-0.15, -0.1) is 0 Å². The number of nitrogens with one attached hydrogen (secondary N) is 1. The molecule has 118 valence electrons. The number of amides is 1. The molecule has 0 spiro atoms. The van der Waals surface area contributed by atoms with Crippen molar-refractivity contribution in [2.45, 2.75) is 39.3 Å². The standard InChI is InChI=1S/C17H20FNO3/c1-4-14-10(2)9-15(22-14)17(21)19-11(3)16(20)12-5-7-13(18)8-6-12/h5-9,11,16,20H,4H2,1-3H3,(H,19,21). The van der Waals surface area contributed by atoms with Crippen LogP contribution in [0.25, 0.3) is 0 Å². The van der Waals surface area contributed by atoms with Crippen LogP contribution in [0.5, 0.6) is 0 Å². The average Bonchev–Trinajstić information content (AvgIpc) is 2.88.